The first kappa shape index (κ1) is 29.8. The van der Waals surface area contributed by atoms with Gasteiger partial charge in [-0.1, -0.05) is 123 Å². The molecule has 0 saturated carbocycles. The van der Waals surface area contributed by atoms with E-state index in [0.717, 1.165) is 17.1 Å². The lowest BCUT2D eigenvalue weighted by Gasteiger charge is -2.30. The summed E-state index contributed by atoms with van der Waals surface area (Å²) in [5.41, 5.74) is 13.5. The maximum atomic E-state index is 4.49. The topological polar surface area (TPSA) is 16.1 Å². The smallest absolute Gasteiger partial charge is 0.0546 e. The van der Waals surface area contributed by atoms with Crippen LogP contribution in [0.4, 0.5) is 17.1 Å². The minimum atomic E-state index is -0.107. The van der Waals surface area contributed by atoms with E-state index in [0.29, 0.717) is 0 Å². The molecule has 7 aromatic carbocycles. The molecule has 0 fully saturated rings. The van der Waals surface area contributed by atoms with E-state index >= 15 is 0 Å². The van der Waals surface area contributed by atoms with Crippen LogP contribution in [0.15, 0.2) is 170 Å². The number of benzene rings is 7. The molecule has 2 heterocycles. The van der Waals surface area contributed by atoms with Gasteiger partial charge in [0.25, 0.3) is 0 Å². The van der Waals surface area contributed by atoms with E-state index in [1.54, 1.807) is 0 Å². The van der Waals surface area contributed by atoms with E-state index in [1.807, 2.05) is 23.7 Å². The number of aromatic nitrogens is 1. The zero-order valence-electron chi connectivity index (χ0n) is 28.5. The fourth-order valence-corrected chi connectivity index (χ4v) is 9.35. The third-order valence-corrected chi connectivity index (χ3v) is 11.9. The van der Waals surface area contributed by atoms with Crippen molar-refractivity contribution >= 4 is 59.3 Å². The number of pyridine rings is 1. The van der Waals surface area contributed by atoms with Crippen molar-refractivity contribution in [3.8, 4) is 33.4 Å². The summed E-state index contributed by atoms with van der Waals surface area (Å²) in [5.74, 6) is 0. The summed E-state index contributed by atoms with van der Waals surface area (Å²) < 4.78 is 2.54. The van der Waals surface area contributed by atoms with Crippen LogP contribution in [0.2, 0.25) is 0 Å². The molecule has 0 atom stereocenters. The Balaban J connectivity index is 1.24. The Kier molecular flexibility index (Phi) is 6.74. The van der Waals surface area contributed by atoms with Crippen molar-refractivity contribution in [3.05, 3.63) is 181 Å². The highest BCUT2D eigenvalue weighted by atomic mass is 32.1. The van der Waals surface area contributed by atoms with Crippen LogP contribution in [0, 0.1) is 0 Å². The van der Waals surface area contributed by atoms with E-state index in [1.165, 1.54) is 75.5 Å². The average molecular weight is 671 g/mol. The van der Waals surface area contributed by atoms with Crippen LogP contribution < -0.4 is 4.90 Å². The lowest BCUT2D eigenvalue weighted by molar-refractivity contribution is 0.660. The van der Waals surface area contributed by atoms with Gasteiger partial charge in [0.05, 0.1) is 5.69 Å². The van der Waals surface area contributed by atoms with E-state index in [-0.39, 0.29) is 5.41 Å². The van der Waals surface area contributed by atoms with Crippen molar-refractivity contribution in [2.75, 3.05) is 4.90 Å². The molecule has 0 N–H and O–H groups in total. The lowest BCUT2D eigenvalue weighted by atomic mass is 9.81. The molecule has 0 unspecified atom stereocenters. The van der Waals surface area contributed by atoms with Crippen LogP contribution in [0.25, 0.3) is 64.3 Å². The molecule has 0 bridgehead atoms. The molecule has 0 aliphatic heterocycles. The van der Waals surface area contributed by atoms with Gasteiger partial charge in [-0.2, -0.15) is 0 Å². The number of rotatable bonds is 5. The second-order valence-corrected chi connectivity index (χ2v) is 15.1. The summed E-state index contributed by atoms with van der Waals surface area (Å²) in [4.78, 5) is 6.96. The summed E-state index contributed by atoms with van der Waals surface area (Å²) in [6, 6.07) is 58.0. The van der Waals surface area contributed by atoms with Crippen LogP contribution >= 0.6 is 11.3 Å². The Bertz CT molecular complexity index is 2760. The molecule has 0 radical (unpaired) electrons. The summed E-state index contributed by atoms with van der Waals surface area (Å²) in [6.45, 7) is 4.72. The molecule has 0 spiro atoms. The van der Waals surface area contributed by atoms with Gasteiger partial charge in [0.2, 0.25) is 0 Å². The Labute approximate surface area is 301 Å². The van der Waals surface area contributed by atoms with E-state index in [2.05, 4.69) is 181 Å². The molecular formula is C48H34N2S. The van der Waals surface area contributed by atoms with Gasteiger partial charge in [-0.05, 0) is 92.9 Å². The number of anilines is 3. The molecule has 1 aliphatic rings. The standard InChI is InChI=1S/C48H34N2S/c1-48(2)42-16-10-9-15-37(42)40-29-44(39(28-43(40)48)33-13-7-4-8-14-33)50(35-20-17-32(18-21-35)31-11-5-3-6-12-31)36-22-23-38-46(27-36)51-45-24-19-34-25-26-49-30-41(34)47(38)45/h3-30H,1-2H3. The maximum Gasteiger partial charge on any atom is 0.0546 e. The quantitative estimate of drug-likeness (QED) is 0.181. The maximum absolute atomic E-state index is 4.49. The van der Waals surface area contributed by atoms with Gasteiger partial charge in [-0.15, -0.1) is 11.3 Å². The monoisotopic (exact) mass is 670 g/mol. The van der Waals surface area contributed by atoms with Crippen molar-refractivity contribution in [1.29, 1.82) is 0 Å². The van der Waals surface area contributed by atoms with Crippen LogP contribution in [0.3, 0.4) is 0 Å². The van der Waals surface area contributed by atoms with Gasteiger partial charge in [0.1, 0.15) is 0 Å². The predicted octanol–water partition coefficient (Wildman–Crippen LogP) is 13.7. The van der Waals surface area contributed by atoms with Crippen molar-refractivity contribution < 1.29 is 0 Å². The molecule has 2 aromatic heterocycles. The minimum Gasteiger partial charge on any atom is -0.310 e. The number of hydrogen-bond donors (Lipinski definition) is 0. The zero-order valence-corrected chi connectivity index (χ0v) is 29.3. The van der Waals surface area contributed by atoms with Gasteiger partial charge < -0.3 is 4.90 Å². The first-order chi connectivity index (χ1) is 25.0. The summed E-state index contributed by atoms with van der Waals surface area (Å²) >= 11 is 1.85. The fourth-order valence-electron chi connectivity index (χ4n) is 8.19. The van der Waals surface area contributed by atoms with E-state index in [9.17, 15) is 0 Å². The predicted molar refractivity (Wildman–Crippen MR) is 218 cm³/mol. The third-order valence-electron chi connectivity index (χ3n) is 10.8. The molecule has 2 nitrogen and oxygen atoms in total. The normalized spacial score (nSPS) is 13.1. The minimum absolute atomic E-state index is 0.107. The van der Waals surface area contributed by atoms with Crippen molar-refractivity contribution in [1.82, 2.24) is 4.98 Å². The van der Waals surface area contributed by atoms with Gasteiger partial charge in [0, 0.05) is 60.3 Å². The molecule has 51 heavy (non-hydrogen) atoms. The van der Waals surface area contributed by atoms with Crippen LogP contribution in [0.5, 0.6) is 0 Å². The van der Waals surface area contributed by atoms with Crippen LogP contribution in [-0.4, -0.2) is 4.98 Å². The van der Waals surface area contributed by atoms with Crippen LogP contribution in [0.1, 0.15) is 25.0 Å². The molecular weight excluding hydrogens is 637 g/mol. The number of thiophene rings is 1. The molecule has 9 aromatic rings. The second-order valence-electron chi connectivity index (χ2n) is 14.0. The summed E-state index contributed by atoms with van der Waals surface area (Å²) in [7, 11) is 0. The van der Waals surface area contributed by atoms with Crippen molar-refractivity contribution in [2.24, 2.45) is 0 Å². The third kappa shape index (κ3) is 4.73. The van der Waals surface area contributed by atoms with Gasteiger partial charge >= 0.3 is 0 Å². The molecule has 242 valence electrons. The SMILES string of the molecule is CC1(C)c2ccccc2-c2cc(N(c3ccc(-c4ccccc4)cc3)c3ccc4c(c3)sc3ccc5ccncc5c34)c(-c3ccccc3)cc21. The molecule has 3 heteroatoms. The van der Waals surface area contributed by atoms with Crippen molar-refractivity contribution in [3.63, 3.8) is 0 Å². The Hall–Kier alpha value is -6.03. The van der Waals surface area contributed by atoms with Gasteiger partial charge in [-0.3, -0.25) is 4.98 Å². The van der Waals surface area contributed by atoms with Gasteiger partial charge in [0.15, 0.2) is 0 Å². The van der Waals surface area contributed by atoms with E-state index < -0.39 is 0 Å². The fraction of sp³-hybridized carbons (Fsp3) is 0.0625. The Morgan fingerprint density at radius 1 is 0.510 bits per heavy atom. The highest BCUT2D eigenvalue weighted by Gasteiger charge is 2.37. The zero-order chi connectivity index (χ0) is 34.1. The van der Waals surface area contributed by atoms with Crippen molar-refractivity contribution in [2.45, 2.75) is 19.3 Å². The number of nitrogens with zero attached hydrogens (tertiary/aromatic N) is 2. The molecule has 0 saturated heterocycles. The molecule has 1 aliphatic carbocycles. The number of fused-ring (bicyclic) bond motifs is 8. The Morgan fingerprint density at radius 2 is 1.22 bits per heavy atom. The lowest BCUT2D eigenvalue weighted by Crippen LogP contribution is -2.16. The van der Waals surface area contributed by atoms with Crippen LogP contribution in [-0.2, 0) is 5.41 Å². The first-order valence-corrected chi connectivity index (χ1v) is 18.3. The highest BCUT2D eigenvalue weighted by Crippen LogP contribution is 2.54. The first-order valence-electron chi connectivity index (χ1n) is 17.5. The van der Waals surface area contributed by atoms with Gasteiger partial charge in [-0.25, -0.2) is 0 Å². The highest BCUT2D eigenvalue weighted by molar-refractivity contribution is 7.26. The number of hydrogen-bond acceptors (Lipinski definition) is 3. The summed E-state index contributed by atoms with van der Waals surface area (Å²) in [5, 5.41) is 4.97. The van der Waals surface area contributed by atoms with E-state index in [4.69, 9.17) is 0 Å². The summed E-state index contributed by atoms with van der Waals surface area (Å²) in [6.07, 6.45) is 3.89. The second kappa shape index (κ2) is 11.5. The largest absolute Gasteiger partial charge is 0.310 e. The average Bonchev–Trinajstić information content (AvgIpc) is 3.67. The Morgan fingerprint density at radius 3 is 2.02 bits per heavy atom. The molecule has 10 rings (SSSR count). The molecule has 0 amide bonds.